The molecule has 2 rings (SSSR count). The van der Waals surface area contributed by atoms with Gasteiger partial charge in [-0.15, -0.1) is 0 Å². The Balaban J connectivity index is 1.82. The molecule has 1 aromatic rings. The van der Waals surface area contributed by atoms with E-state index in [9.17, 15) is 0 Å². The molecule has 0 aliphatic carbocycles. The third kappa shape index (κ3) is 2.76. The average Bonchev–Trinajstić information content (AvgIpc) is 2.65. The first-order valence-corrected chi connectivity index (χ1v) is 5.49. The fraction of sp³-hybridized carbons (Fsp3) is 0.800. The molecule has 1 aromatic heterocycles. The van der Waals surface area contributed by atoms with Gasteiger partial charge in [-0.05, 0) is 38.4 Å². The van der Waals surface area contributed by atoms with Crippen LogP contribution in [0.2, 0.25) is 0 Å². The normalized spacial score (nSPS) is 19.6. The molecule has 0 spiro atoms. The Labute approximate surface area is 89.6 Å². The lowest BCUT2D eigenvalue weighted by Crippen LogP contribution is -2.35. The summed E-state index contributed by atoms with van der Waals surface area (Å²) < 4.78 is 4.94. The van der Waals surface area contributed by atoms with Crippen LogP contribution < -0.4 is 5.73 Å². The van der Waals surface area contributed by atoms with Gasteiger partial charge in [-0.3, -0.25) is 4.90 Å². The molecule has 1 fully saturated rings. The second-order valence-electron chi connectivity index (χ2n) is 4.18. The molecule has 5 heteroatoms. The maximum absolute atomic E-state index is 5.65. The number of likely N-dealkylation sites (tertiary alicyclic amines) is 1. The van der Waals surface area contributed by atoms with E-state index in [1.165, 1.54) is 12.8 Å². The first-order chi connectivity index (χ1) is 7.28. The molecule has 1 aliphatic heterocycles. The van der Waals surface area contributed by atoms with E-state index < -0.39 is 0 Å². The van der Waals surface area contributed by atoms with E-state index in [1.807, 2.05) is 6.92 Å². The number of hydrogen-bond donors (Lipinski definition) is 1. The lowest BCUT2D eigenvalue weighted by Gasteiger charge is -2.30. The number of rotatable bonds is 3. The Morgan fingerprint density at radius 1 is 1.47 bits per heavy atom. The van der Waals surface area contributed by atoms with Gasteiger partial charge in [0, 0.05) is 6.92 Å². The fourth-order valence-corrected chi connectivity index (χ4v) is 1.99. The van der Waals surface area contributed by atoms with Crippen molar-refractivity contribution in [2.45, 2.75) is 26.3 Å². The standard InChI is InChI=1S/C10H18N4O/c1-8-12-10(13-15-8)7-14-4-2-9(6-11)3-5-14/h9H,2-7,11H2,1H3. The van der Waals surface area contributed by atoms with Crippen LogP contribution in [0.25, 0.3) is 0 Å². The van der Waals surface area contributed by atoms with Crippen molar-refractivity contribution in [3.05, 3.63) is 11.7 Å². The quantitative estimate of drug-likeness (QED) is 0.789. The van der Waals surface area contributed by atoms with Gasteiger partial charge in [-0.25, -0.2) is 0 Å². The summed E-state index contributed by atoms with van der Waals surface area (Å²) in [7, 11) is 0. The van der Waals surface area contributed by atoms with Crippen LogP contribution in [0.4, 0.5) is 0 Å². The minimum Gasteiger partial charge on any atom is -0.340 e. The molecule has 0 unspecified atom stereocenters. The number of aromatic nitrogens is 2. The number of nitrogens with two attached hydrogens (primary N) is 1. The second-order valence-corrected chi connectivity index (χ2v) is 4.18. The summed E-state index contributed by atoms with van der Waals surface area (Å²) in [6.07, 6.45) is 2.38. The predicted octanol–water partition coefficient (Wildman–Crippen LogP) is 0.549. The molecule has 0 saturated carbocycles. The van der Waals surface area contributed by atoms with Crippen molar-refractivity contribution in [2.75, 3.05) is 19.6 Å². The summed E-state index contributed by atoms with van der Waals surface area (Å²) in [4.78, 5) is 6.56. The van der Waals surface area contributed by atoms with Crippen LogP contribution in [0.5, 0.6) is 0 Å². The highest BCUT2D eigenvalue weighted by molar-refractivity contribution is 4.85. The molecule has 0 aromatic carbocycles. The van der Waals surface area contributed by atoms with E-state index >= 15 is 0 Å². The first kappa shape index (κ1) is 10.6. The second kappa shape index (κ2) is 4.72. The maximum atomic E-state index is 5.65. The topological polar surface area (TPSA) is 68.2 Å². The summed E-state index contributed by atoms with van der Waals surface area (Å²) in [6, 6.07) is 0. The third-order valence-electron chi connectivity index (χ3n) is 2.98. The molecule has 1 aliphatic rings. The molecule has 84 valence electrons. The van der Waals surface area contributed by atoms with Gasteiger partial charge in [0.1, 0.15) is 0 Å². The number of nitrogens with zero attached hydrogens (tertiary/aromatic N) is 3. The molecule has 0 bridgehead atoms. The van der Waals surface area contributed by atoms with Crippen molar-refractivity contribution in [3.8, 4) is 0 Å². The largest absolute Gasteiger partial charge is 0.340 e. The van der Waals surface area contributed by atoms with Gasteiger partial charge in [0.2, 0.25) is 5.89 Å². The van der Waals surface area contributed by atoms with Gasteiger partial charge in [-0.2, -0.15) is 4.98 Å². The highest BCUT2D eigenvalue weighted by atomic mass is 16.5. The molecule has 5 nitrogen and oxygen atoms in total. The van der Waals surface area contributed by atoms with E-state index in [0.717, 1.165) is 32.0 Å². The Bertz CT molecular complexity index is 304. The highest BCUT2D eigenvalue weighted by Crippen LogP contribution is 2.16. The van der Waals surface area contributed by atoms with Crippen molar-refractivity contribution < 1.29 is 4.52 Å². The Morgan fingerprint density at radius 3 is 2.73 bits per heavy atom. The van der Waals surface area contributed by atoms with Crippen LogP contribution in [0.3, 0.4) is 0 Å². The summed E-state index contributed by atoms with van der Waals surface area (Å²) in [5, 5.41) is 3.90. The van der Waals surface area contributed by atoms with Crippen molar-refractivity contribution in [1.29, 1.82) is 0 Å². The number of piperidine rings is 1. The summed E-state index contributed by atoms with van der Waals surface area (Å²) in [5.41, 5.74) is 5.65. The summed E-state index contributed by atoms with van der Waals surface area (Å²) in [5.74, 6) is 2.13. The molecule has 0 amide bonds. The molecule has 15 heavy (non-hydrogen) atoms. The van der Waals surface area contributed by atoms with E-state index in [4.69, 9.17) is 10.3 Å². The highest BCUT2D eigenvalue weighted by Gasteiger charge is 2.19. The minimum atomic E-state index is 0.641. The minimum absolute atomic E-state index is 0.641. The van der Waals surface area contributed by atoms with Crippen molar-refractivity contribution >= 4 is 0 Å². The van der Waals surface area contributed by atoms with Crippen molar-refractivity contribution in [2.24, 2.45) is 11.7 Å². The first-order valence-electron chi connectivity index (χ1n) is 5.49. The van der Waals surface area contributed by atoms with Gasteiger partial charge in [0.25, 0.3) is 0 Å². The summed E-state index contributed by atoms with van der Waals surface area (Å²) in [6.45, 7) is 5.62. The molecule has 0 atom stereocenters. The molecule has 1 saturated heterocycles. The average molecular weight is 210 g/mol. The van der Waals surface area contributed by atoms with E-state index in [-0.39, 0.29) is 0 Å². The van der Waals surface area contributed by atoms with Crippen LogP contribution in [-0.2, 0) is 6.54 Å². The van der Waals surface area contributed by atoms with Crippen LogP contribution >= 0.6 is 0 Å². The zero-order valence-electron chi connectivity index (χ0n) is 9.15. The van der Waals surface area contributed by atoms with E-state index in [0.29, 0.717) is 11.8 Å². The Morgan fingerprint density at radius 2 is 2.20 bits per heavy atom. The van der Waals surface area contributed by atoms with Gasteiger partial charge in [-0.1, -0.05) is 5.16 Å². The lowest BCUT2D eigenvalue weighted by atomic mass is 9.97. The van der Waals surface area contributed by atoms with Crippen molar-refractivity contribution in [3.63, 3.8) is 0 Å². The maximum Gasteiger partial charge on any atom is 0.223 e. The summed E-state index contributed by atoms with van der Waals surface area (Å²) >= 11 is 0. The third-order valence-corrected chi connectivity index (χ3v) is 2.98. The SMILES string of the molecule is Cc1nc(CN2CCC(CN)CC2)no1. The van der Waals surface area contributed by atoms with Crippen LogP contribution in [-0.4, -0.2) is 34.7 Å². The van der Waals surface area contributed by atoms with Crippen LogP contribution in [0.1, 0.15) is 24.6 Å². The monoisotopic (exact) mass is 210 g/mol. The molecule has 2 heterocycles. The lowest BCUT2D eigenvalue weighted by molar-refractivity contribution is 0.175. The zero-order valence-corrected chi connectivity index (χ0v) is 9.15. The zero-order chi connectivity index (χ0) is 10.7. The van der Waals surface area contributed by atoms with Gasteiger partial charge < -0.3 is 10.3 Å². The van der Waals surface area contributed by atoms with E-state index in [1.54, 1.807) is 0 Å². The Hall–Kier alpha value is -0.940. The van der Waals surface area contributed by atoms with Crippen LogP contribution in [0.15, 0.2) is 4.52 Å². The number of hydrogen-bond acceptors (Lipinski definition) is 5. The predicted molar refractivity (Wildman–Crippen MR) is 56.1 cm³/mol. The number of aryl methyl sites for hydroxylation is 1. The van der Waals surface area contributed by atoms with E-state index in [2.05, 4.69) is 15.0 Å². The van der Waals surface area contributed by atoms with Gasteiger partial charge in [0.05, 0.1) is 6.54 Å². The Kier molecular flexibility index (Phi) is 3.33. The molecule has 0 radical (unpaired) electrons. The molecule has 2 N–H and O–H groups in total. The van der Waals surface area contributed by atoms with Gasteiger partial charge >= 0.3 is 0 Å². The van der Waals surface area contributed by atoms with Gasteiger partial charge in [0.15, 0.2) is 5.82 Å². The smallest absolute Gasteiger partial charge is 0.223 e. The fourth-order valence-electron chi connectivity index (χ4n) is 1.99. The molecular formula is C10H18N4O. The molecular weight excluding hydrogens is 192 g/mol. The van der Waals surface area contributed by atoms with Crippen molar-refractivity contribution in [1.82, 2.24) is 15.0 Å². The van der Waals surface area contributed by atoms with Crippen LogP contribution in [0, 0.1) is 12.8 Å².